The minimum Gasteiger partial charge on any atom is -0.367 e. The van der Waals surface area contributed by atoms with Crippen molar-refractivity contribution in [3.8, 4) is 0 Å². The molecule has 2 atom stereocenters. The van der Waals surface area contributed by atoms with Crippen LogP contribution in [0.1, 0.15) is 19.3 Å². The fourth-order valence-electron chi connectivity index (χ4n) is 3.12. The van der Waals surface area contributed by atoms with Gasteiger partial charge in [-0.05, 0) is 26.3 Å². The highest BCUT2D eigenvalue weighted by molar-refractivity contribution is 6.32. The van der Waals surface area contributed by atoms with Crippen LogP contribution in [0.15, 0.2) is 11.0 Å². The van der Waals surface area contributed by atoms with E-state index >= 15 is 0 Å². The normalized spacial score (nSPS) is 28.4. The number of likely N-dealkylation sites (N-methyl/N-ethyl adjacent to an activating group) is 1. The Morgan fingerprint density at radius 3 is 3.00 bits per heavy atom. The zero-order valence-corrected chi connectivity index (χ0v) is 11.2. The Hall–Kier alpha value is -1.07. The number of hydrogen-bond acceptors (Lipinski definition) is 4. The van der Waals surface area contributed by atoms with E-state index in [-0.39, 0.29) is 10.6 Å². The molecule has 3 heterocycles. The molecule has 0 saturated carbocycles. The molecule has 2 saturated heterocycles. The first-order chi connectivity index (χ1) is 8.66. The van der Waals surface area contributed by atoms with Crippen molar-refractivity contribution in [1.29, 1.82) is 0 Å². The van der Waals surface area contributed by atoms with Crippen molar-refractivity contribution in [1.82, 2.24) is 15.1 Å². The van der Waals surface area contributed by atoms with E-state index in [9.17, 15) is 4.79 Å². The summed E-state index contributed by atoms with van der Waals surface area (Å²) in [7, 11) is 2.20. The summed E-state index contributed by atoms with van der Waals surface area (Å²) in [6.07, 6.45) is 5.29. The molecule has 1 aromatic rings. The highest BCUT2D eigenvalue weighted by Crippen LogP contribution is 2.31. The van der Waals surface area contributed by atoms with E-state index in [1.807, 2.05) is 0 Å². The third-order valence-corrected chi connectivity index (χ3v) is 4.63. The Balaban J connectivity index is 1.89. The van der Waals surface area contributed by atoms with Crippen LogP contribution < -0.4 is 10.5 Å². The van der Waals surface area contributed by atoms with Crippen molar-refractivity contribution in [2.45, 2.75) is 31.3 Å². The number of nitrogens with zero attached hydrogens (tertiary/aromatic N) is 3. The molecule has 0 radical (unpaired) electrons. The van der Waals surface area contributed by atoms with Crippen LogP contribution in [0.5, 0.6) is 0 Å². The molecule has 0 spiro atoms. The van der Waals surface area contributed by atoms with Gasteiger partial charge in [0.2, 0.25) is 0 Å². The molecule has 2 unspecified atom stereocenters. The van der Waals surface area contributed by atoms with Crippen molar-refractivity contribution >= 4 is 17.3 Å². The van der Waals surface area contributed by atoms with Gasteiger partial charge >= 0.3 is 0 Å². The smallest absolute Gasteiger partial charge is 0.285 e. The van der Waals surface area contributed by atoms with Crippen LogP contribution >= 0.6 is 11.6 Å². The van der Waals surface area contributed by atoms with E-state index in [1.54, 1.807) is 6.20 Å². The monoisotopic (exact) mass is 268 g/mol. The second kappa shape index (κ2) is 4.55. The van der Waals surface area contributed by atoms with Crippen LogP contribution in [-0.4, -0.2) is 47.3 Å². The van der Waals surface area contributed by atoms with Gasteiger partial charge in [0.25, 0.3) is 5.56 Å². The lowest BCUT2D eigenvalue weighted by atomic mass is 10.1. The predicted octanol–water partition coefficient (Wildman–Crippen LogP) is 1.10. The molecule has 2 fully saturated rings. The highest BCUT2D eigenvalue weighted by atomic mass is 35.5. The summed E-state index contributed by atoms with van der Waals surface area (Å²) in [4.78, 5) is 16.2. The van der Waals surface area contributed by atoms with E-state index in [1.165, 1.54) is 12.8 Å². The summed E-state index contributed by atoms with van der Waals surface area (Å²) in [6.45, 7) is 1.87. The number of H-pyrrole nitrogens is 1. The molecule has 0 aromatic carbocycles. The van der Waals surface area contributed by atoms with Crippen molar-refractivity contribution in [2.75, 3.05) is 25.0 Å². The van der Waals surface area contributed by atoms with Crippen molar-refractivity contribution < 1.29 is 0 Å². The fraction of sp³-hybridized carbons (Fsp3) is 0.667. The Morgan fingerprint density at radius 1 is 1.39 bits per heavy atom. The second-order valence-electron chi connectivity index (χ2n) is 5.18. The first kappa shape index (κ1) is 12.0. The maximum Gasteiger partial charge on any atom is 0.285 e. The van der Waals surface area contributed by atoms with Gasteiger partial charge in [-0.25, -0.2) is 5.10 Å². The minimum absolute atomic E-state index is 0.255. The van der Waals surface area contributed by atoms with Gasteiger partial charge in [0.05, 0.1) is 11.9 Å². The van der Waals surface area contributed by atoms with Crippen LogP contribution in [0, 0.1) is 0 Å². The summed E-state index contributed by atoms with van der Waals surface area (Å²) >= 11 is 6.08. The average Bonchev–Trinajstić information content (AvgIpc) is 2.58. The molecule has 98 valence electrons. The first-order valence-electron chi connectivity index (χ1n) is 6.37. The van der Waals surface area contributed by atoms with E-state index in [0.717, 1.165) is 25.2 Å². The number of aromatic amines is 1. The van der Waals surface area contributed by atoms with Gasteiger partial charge in [-0.15, -0.1) is 0 Å². The van der Waals surface area contributed by atoms with E-state index in [4.69, 9.17) is 11.6 Å². The SMILES string of the molecule is CN1C2CCC1CN(c1cn[nH]c(=O)c1Cl)CC2. The molecule has 5 nitrogen and oxygen atoms in total. The van der Waals surface area contributed by atoms with Gasteiger partial charge in [-0.3, -0.25) is 9.69 Å². The Labute approximate surface area is 111 Å². The van der Waals surface area contributed by atoms with Gasteiger partial charge in [-0.1, -0.05) is 11.6 Å². The molecule has 2 bridgehead atoms. The first-order valence-corrected chi connectivity index (χ1v) is 6.74. The highest BCUT2D eigenvalue weighted by Gasteiger charge is 2.35. The Kier molecular flexibility index (Phi) is 3.03. The minimum atomic E-state index is -0.308. The molecule has 1 aromatic heterocycles. The third-order valence-electron chi connectivity index (χ3n) is 4.27. The second-order valence-corrected chi connectivity index (χ2v) is 5.56. The van der Waals surface area contributed by atoms with Gasteiger partial charge in [0, 0.05) is 25.2 Å². The molecule has 0 amide bonds. The van der Waals surface area contributed by atoms with Crippen molar-refractivity contribution in [3.63, 3.8) is 0 Å². The topological polar surface area (TPSA) is 52.2 Å². The molecular formula is C12H17ClN4O. The molecule has 18 heavy (non-hydrogen) atoms. The fourth-order valence-corrected chi connectivity index (χ4v) is 3.33. The number of fused-ring (bicyclic) bond motifs is 2. The third kappa shape index (κ3) is 1.91. The summed E-state index contributed by atoms with van der Waals surface area (Å²) in [6, 6.07) is 1.24. The van der Waals surface area contributed by atoms with Crippen LogP contribution in [0.25, 0.3) is 0 Å². The van der Waals surface area contributed by atoms with Crippen molar-refractivity contribution in [2.24, 2.45) is 0 Å². The largest absolute Gasteiger partial charge is 0.367 e. The quantitative estimate of drug-likeness (QED) is 0.829. The standard InChI is InChI=1S/C12H17ClN4O/c1-16-8-2-3-9(16)7-17(5-4-8)10-6-14-15-12(18)11(10)13/h6,8-9H,2-5,7H2,1H3,(H,15,18). The van der Waals surface area contributed by atoms with Gasteiger partial charge in [0.1, 0.15) is 5.02 Å². The van der Waals surface area contributed by atoms with Gasteiger partial charge in [0.15, 0.2) is 0 Å². The Morgan fingerprint density at radius 2 is 2.17 bits per heavy atom. The molecular weight excluding hydrogens is 252 g/mol. The zero-order valence-electron chi connectivity index (χ0n) is 10.4. The lowest BCUT2D eigenvalue weighted by Gasteiger charge is -2.27. The Bertz CT molecular complexity index is 503. The van der Waals surface area contributed by atoms with Crippen LogP contribution in [0.3, 0.4) is 0 Å². The number of nitrogens with one attached hydrogen (secondary N) is 1. The molecule has 2 aliphatic heterocycles. The molecule has 1 N–H and O–H groups in total. The average molecular weight is 269 g/mol. The van der Waals surface area contributed by atoms with Crippen molar-refractivity contribution in [3.05, 3.63) is 21.6 Å². The molecule has 0 aliphatic carbocycles. The number of aromatic nitrogens is 2. The number of anilines is 1. The van der Waals surface area contributed by atoms with Crippen LogP contribution in [-0.2, 0) is 0 Å². The van der Waals surface area contributed by atoms with E-state index in [2.05, 4.69) is 27.0 Å². The van der Waals surface area contributed by atoms with Crippen LogP contribution in [0.4, 0.5) is 5.69 Å². The molecule has 2 aliphatic rings. The predicted molar refractivity (Wildman–Crippen MR) is 71.3 cm³/mol. The maximum absolute atomic E-state index is 11.5. The summed E-state index contributed by atoms with van der Waals surface area (Å²) in [5, 5.41) is 6.47. The summed E-state index contributed by atoms with van der Waals surface area (Å²) in [5.41, 5.74) is 0.457. The molecule has 3 rings (SSSR count). The zero-order chi connectivity index (χ0) is 12.7. The van der Waals surface area contributed by atoms with Crippen LogP contribution in [0.2, 0.25) is 5.02 Å². The number of halogens is 1. The summed E-state index contributed by atoms with van der Waals surface area (Å²) < 4.78 is 0. The van der Waals surface area contributed by atoms with E-state index < -0.39 is 0 Å². The lowest BCUT2D eigenvalue weighted by Crippen LogP contribution is -2.37. The van der Waals surface area contributed by atoms with Gasteiger partial charge in [-0.2, -0.15) is 5.10 Å². The number of hydrogen-bond donors (Lipinski definition) is 1. The lowest BCUT2D eigenvalue weighted by molar-refractivity contribution is 0.254. The number of rotatable bonds is 1. The van der Waals surface area contributed by atoms with Gasteiger partial charge < -0.3 is 4.90 Å². The maximum atomic E-state index is 11.5. The molecule has 6 heteroatoms. The summed E-state index contributed by atoms with van der Waals surface area (Å²) in [5.74, 6) is 0. The van der Waals surface area contributed by atoms with E-state index in [0.29, 0.717) is 12.1 Å².